The van der Waals surface area contributed by atoms with Gasteiger partial charge >= 0.3 is 0 Å². The monoisotopic (exact) mass is 280 g/mol. The highest BCUT2D eigenvalue weighted by atomic mass is 32.1. The zero-order chi connectivity index (χ0) is 13.9. The lowest BCUT2D eigenvalue weighted by atomic mass is 10.0. The molecule has 0 saturated heterocycles. The van der Waals surface area contributed by atoms with Crippen LogP contribution in [0.15, 0.2) is 54.6 Å². The van der Waals surface area contributed by atoms with Crippen molar-refractivity contribution in [2.75, 3.05) is 0 Å². The maximum absolute atomic E-state index is 2.34. The molecule has 1 heteroatoms. The molecule has 0 atom stereocenters. The van der Waals surface area contributed by atoms with Gasteiger partial charge in [-0.1, -0.05) is 56.3 Å². The Hall–Kier alpha value is -1.60. The third kappa shape index (κ3) is 2.78. The van der Waals surface area contributed by atoms with Gasteiger partial charge in [0.1, 0.15) is 0 Å². The first-order chi connectivity index (χ1) is 9.74. The van der Waals surface area contributed by atoms with Crippen LogP contribution in [0.4, 0.5) is 0 Å². The van der Waals surface area contributed by atoms with Crippen molar-refractivity contribution < 1.29 is 0 Å². The van der Waals surface area contributed by atoms with E-state index in [1.807, 2.05) is 11.3 Å². The first-order valence-corrected chi connectivity index (χ1v) is 8.13. The van der Waals surface area contributed by atoms with E-state index in [-0.39, 0.29) is 0 Å². The minimum atomic E-state index is 0.598. The summed E-state index contributed by atoms with van der Waals surface area (Å²) in [6.45, 7) is 4.47. The molecule has 0 amide bonds. The summed E-state index contributed by atoms with van der Waals surface area (Å²) >= 11 is 1.89. The molecule has 2 aromatic rings. The number of rotatable bonds is 3. The molecular weight excluding hydrogens is 260 g/mol. The largest absolute Gasteiger partial charge is 0.135 e. The fourth-order valence-corrected chi connectivity index (χ4v) is 3.51. The van der Waals surface area contributed by atoms with Crippen LogP contribution in [0.3, 0.4) is 0 Å². The molecule has 0 nitrogen and oxygen atoms in total. The minimum absolute atomic E-state index is 0.598. The van der Waals surface area contributed by atoms with Crippen molar-refractivity contribution in [1.82, 2.24) is 0 Å². The van der Waals surface area contributed by atoms with Crippen LogP contribution in [0.5, 0.6) is 0 Å². The Labute approximate surface area is 125 Å². The van der Waals surface area contributed by atoms with Crippen LogP contribution in [0, 0.1) is 0 Å². The van der Waals surface area contributed by atoms with E-state index in [0.717, 1.165) is 0 Å². The van der Waals surface area contributed by atoms with E-state index in [1.165, 1.54) is 39.3 Å². The second-order valence-electron chi connectivity index (χ2n) is 5.58. The van der Waals surface area contributed by atoms with E-state index >= 15 is 0 Å². The van der Waals surface area contributed by atoms with Gasteiger partial charge in [0.15, 0.2) is 0 Å². The molecule has 0 radical (unpaired) electrons. The van der Waals surface area contributed by atoms with Gasteiger partial charge in [-0.05, 0) is 47.6 Å². The van der Waals surface area contributed by atoms with Gasteiger partial charge in [0.25, 0.3) is 0 Å². The zero-order valence-corrected chi connectivity index (χ0v) is 12.9. The lowest BCUT2D eigenvalue weighted by molar-refractivity contribution is 0.867. The molecule has 1 heterocycles. The van der Waals surface area contributed by atoms with Crippen LogP contribution in [0.25, 0.3) is 16.0 Å². The fraction of sp³-hybridized carbons (Fsp3) is 0.263. The number of thiophene rings is 1. The van der Waals surface area contributed by atoms with Crippen LogP contribution in [0.1, 0.15) is 43.0 Å². The summed E-state index contributed by atoms with van der Waals surface area (Å²) in [4.78, 5) is 2.74. The lowest BCUT2D eigenvalue weighted by Crippen LogP contribution is -1.85. The molecule has 0 spiro atoms. The topological polar surface area (TPSA) is 0 Å². The van der Waals surface area contributed by atoms with E-state index in [1.54, 1.807) is 0 Å². The third-order valence-corrected chi connectivity index (χ3v) is 4.93. The Bertz CT molecular complexity index is 639. The van der Waals surface area contributed by atoms with Crippen molar-refractivity contribution in [3.63, 3.8) is 0 Å². The summed E-state index contributed by atoms with van der Waals surface area (Å²) in [6, 6.07) is 13.5. The molecule has 1 aromatic carbocycles. The Kier molecular flexibility index (Phi) is 3.88. The number of allylic oxidation sites excluding steroid dienone is 4. The smallest absolute Gasteiger partial charge is 0.0349 e. The van der Waals surface area contributed by atoms with E-state index in [9.17, 15) is 0 Å². The number of hydrogen-bond donors (Lipinski definition) is 0. The maximum atomic E-state index is 2.34. The van der Waals surface area contributed by atoms with E-state index < -0.39 is 0 Å². The normalized spacial score (nSPS) is 14.7. The molecule has 1 aliphatic rings. The summed E-state index contributed by atoms with van der Waals surface area (Å²) in [5.74, 6) is 0.598. The molecule has 20 heavy (non-hydrogen) atoms. The standard InChI is InChI=1S/C19H20S/c1-14(2)15-8-10-17(11-9-15)19-13-12-18(20-19)16-6-4-3-5-7-16/h4,6-14H,3,5H2,1-2H3. The maximum Gasteiger partial charge on any atom is 0.0349 e. The highest BCUT2D eigenvalue weighted by Gasteiger charge is 2.07. The van der Waals surface area contributed by atoms with E-state index in [4.69, 9.17) is 0 Å². The van der Waals surface area contributed by atoms with Gasteiger partial charge in [0, 0.05) is 9.75 Å². The Morgan fingerprint density at radius 3 is 2.30 bits per heavy atom. The summed E-state index contributed by atoms with van der Waals surface area (Å²) in [5, 5.41) is 0. The highest BCUT2D eigenvalue weighted by molar-refractivity contribution is 7.16. The molecule has 102 valence electrons. The Morgan fingerprint density at radius 1 is 0.900 bits per heavy atom. The first-order valence-electron chi connectivity index (χ1n) is 7.31. The summed E-state index contributed by atoms with van der Waals surface area (Å²) in [6.07, 6.45) is 9.21. The summed E-state index contributed by atoms with van der Waals surface area (Å²) in [5.41, 5.74) is 4.11. The third-order valence-electron chi connectivity index (χ3n) is 3.75. The van der Waals surface area contributed by atoms with Gasteiger partial charge < -0.3 is 0 Å². The Balaban J connectivity index is 1.86. The molecule has 0 saturated carbocycles. The molecule has 0 bridgehead atoms. The van der Waals surface area contributed by atoms with Crippen molar-refractivity contribution in [3.05, 3.63) is 65.1 Å². The zero-order valence-electron chi connectivity index (χ0n) is 12.1. The molecule has 3 rings (SSSR count). The second-order valence-corrected chi connectivity index (χ2v) is 6.66. The van der Waals surface area contributed by atoms with Crippen molar-refractivity contribution in [3.8, 4) is 10.4 Å². The minimum Gasteiger partial charge on any atom is -0.135 e. The molecule has 1 aromatic heterocycles. The number of benzene rings is 1. The summed E-state index contributed by atoms with van der Waals surface area (Å²) in [7, 11) is 0. The van der Waals surface area contributed by atoms with Gasteiger partial charge in [-0.25, -0.2) is 0 Å². The quantitative estimate of drug-likeness (QED) is 0.621. The molecule has 1 aliphatic carbocycles. The van der Waals surface area contributed by atoms with Crippen molar-refractivity contribution in [1.29, 1.82) is 0 Å². The Morgan fingerprint density at radius 2 is 1.65 bits per heavy atom. The average molecular weight is 280 g/mol. The van der Waals surface area contributed by atoms with Gasteiger partial charge in [0.2, 0.25) is 0 Å². The number of hydrogen-bond acceptors (Lipinski definition) is 1. The average Bonchev–Trinajstić information content (AvgIpc) is 2.98. The van der Waals surface area contributed by atoms with Crippen molar-refractivity contribution in [2.24, 2.45) is 0 Å². The molecule has 0 fully saturated rings. The predicted octanol–water partition coefficient (Wildman–Crippen LogP) is 6.27. The van der Waals surface area contributed by atoms with Crippen molar-refractivity contribution >= 4 is 16.9 Å². The SMILES string of the molecule is CC(C)c1ccc(-c2ccc(C3=CCCC=C3)s2)cc1. The first kappa shape index (κ1) is 13.4. The van der Waals surface area contributed by atoms with Crippen LogP contribution in [-0.2, 0) is 0 Å². The van der Waals surface area contributed by atoms with Crippen LogP contribution >= 0.6 is 11.3 Å². The molecule has 0 unspecified atom stereocenters. The molecular formula is C19H20S. The van der Waals surface area contributed by atoms with Gasteiger partial charge in [-0.15, -0.1) is 11.3 Å². The van der Waals surface area contributed by atoms with Crippen LogP contribution in [-0.4, -0.2) is 0 Å². The van der Waals surface area contributed by atoms with Crippen molar-refractivity contribution in [2.45, 2.75) is 32.6 Å². The predicted molar refractivity (Wildman–Crippen MR) is 90.2 cm³/mol. The van der Waals surface area contributed by atoms with Gasteiger partial charge in [0.05, 0.1) is 0 Å². The molecule has 0 aliphatic heterocycles. The molecule has 0 N–H and O–H groups in total. The van der Waals surface area contributed by atoms with E-state index in [2.05, 4.69) is 68.5 Å². The summed E-state index contributed by atoms with van der Waals surface area (Å²) < 4.78 is 0. The highest BCUT2D eigenvalue weighted by Crippen LogP contribution is 2.34. The second kappa shape index (κ2) is 5.80. The van der Waals surface area contributed by atoms with Crippen LogP contribution in [0.2, 0.25) is 0 Å². The lowest BCUT2D eigenvalue weighted by Gasteiger charge is -2.06. The fourth-order valence-electron chi connectivity index (χ4n) is 2.48. The van der Waals surface area contributed by atoms with E-state index in [0.29, 0.717) is 5.92 Å². The van der Waals surface area contributed by atoms with Crippen LogP contribution < -0.4 is 0 Å². The van der Waals surface area contributed by atoms with Gasteiger partial charge in [-0.2, -0.15) is 0 Å². The van der Waals surface area contributed by atoms with Gasteiger partial charge in [-0.3, -0.25) is 0 Å².